The minimum atomic E-state index is 0.831. The summed E-state index contributed by atoms with van der Waals surface area (Å²) in [6.07, 6.45) is 13.5. The van der Waals surface area contributed by atoms with E-state index in [1.54, 1.807) is 0 Å². The molecule has 0 saturated heterocycles. The Bertz CT molecular complexity index is 2600. The lowest BCUT2D eigenvalue weighted by molar-refractivity contribution is 0.584. The number of aryl methyl sites for hydroxylation is 2. The zero-order valence-electron chi connectivity index (χ0n) is 33.5. The van der Waals surface area contributed by atoms with Gasteiger partial charge in [0.1, 0.15) is 0 Å². The van der Waals surface area contributed by atoms with Crippen molar-refractivity contribution in [2.75, 3.05) is 23.1 Å². The number of para-hydroxylation sites is 4. The lowest BCUT2D eigenvalue weighted by atomic mass is 10.1. The molecule has 6 nitrogen and oxygen atoms in total. The van der Waals surface area contributed by atoms with E-state index in [-0.39, 0.29) is 0 Å². The fourth-order valence-corrected chi connectivity index (χ4v) is 8.21. The molecule has 0 fully saturated rings. The van der Waals surface area contributed by atoms with E-state index in [1.807, 2.05) is 12.4 Å². The molecule has 0 aliphatic heterocycles. The Morgan fingerprint density at radius 1 is 0.456 bits per heavy atom. The molecule has 0 atom stereocenters. The molecule has 8 rings (SSSR count). The maximum atomic E-state index is 5.09. The first kappa shape index (κ1) is 37.8. The summed E-state index contributed by atoms with van der Waals surface area (Å²) in [4.78, 5) is 0. The van der Waals surface area contributed by atoms with E-state index in [4.69, 9.17) is 10.2 Å². The molecular weight excluding hydrogens is 697 g/mol. The van der Waals surface area contributed by atoms with Crippen molar-refractivity contribution < 1.29 is 0 Å². The molecule has 8 aromatic rings. The lowest BCUT2D eigenvalue weighted by Crippen LogP contribution is -2.20. The number of benzene rings is 6. The Labute approximate surface area is 337 Å². The predicted octanol–water partition coefficient (Wildman–Crippen LogP) is 13.0. The van der Waals surface area contributed by atoms with E-state index in [9.17, 15) is 0 Å². The SMILES string of the molecule is CCCCCCCn1c2ccccc2c2cc(/C=N/N(CCCCCN(/N=C/c3ccc4c(c3)c3ccccc3n4C)c3ccccc3)c3ccccc3)ccc21. The third-order valence-electron chi connectivity index (χ3n) is 11.3. The lowest BCUT2D eigenvalue weighted by Gasteiger charge is -2.21. The van der Waals surface area contributed by atoms with Crippen LogP contribution in [0, 0.1) is 0 Å². The second-order valence-corrected chi connectivity index (χ2v) is 15.2. The van der Waals surface area contributed by atoms with Crippen LogP contribution in [0.2, 0.25) is 0 Å². The van der Waals surface area contributed by atoms with Crippen LogP contribution in [0.5, 0.6) is 0 Å². The summed E-state index contributed by atoms with van der Waals surface area (Å²) in [5, 5.41) is 19.6. The molecule has 0 radical (unpaired) electrons. The molecule has 2 aromatic heterocycles. The van der Waals surface area contributed by atoms with Crippen molar-refractivity contribution in [2.24, 2.45) is 17.3 Å². The van der Waals surface area contributed by atoms with E-state index in [2.05, 4.69) is 179 Å². The smallest absolute Gasteiger partial charge is 0.0593 e. The zero-order chi connectivity index (χ0) is 38.8. The Morgan fingerprint density at radius 3 is 1.53 bits per heavy atom. The summed E-state index contributed by atoms with van der Waals surface area (Å²) < 4.78 is 4.78. The van der Waals surface area contributed by atoms with Gasteiger partial charge in [-0.05, 0) is 97.5 Å². The number of nitrogens with zero attached hydrogens (tertiary/aromatic N) is 6. The van der Waals surface area contributed by atoms with Gasteiger partial charge < -0.3 is 9.13 Å². The molecule has 288 valence electrons. The summed E-state index contributed by atoms with van der Waals surface area (Å²) in [5.41, 5.74) is 9.52. The Hall–Kier alpha value is -6.14. The van der Waals surface area contributed by atoms with Gasteiger partial charge in [0.15, 0.2) is 0 Å². The summed E-state index contributed by atoms with van der Waals surface area (Å²) in [6.45, 7) is 5.00. The molecule has 2 heterocycles. The predicted molar refractivity (Wildman–Crippen MR) is 245 cm³/mol. The Kier molecular flexibility index (Phi) is 12.1. The molecule has 0 amide bonds. The van der Waals surface area contributed by atoms with E-state index in [0.29, 0.717) is 0 Å². The van der Waals surface area contributed by atoms with Gasteiger partial charge in [-0.25, -0.2) is 0 Å². The van der Waals surface area contributed by atoms with Gasteiger partial charge in [0, 0.05) is 70.3 Å². The highest BCUT2D eigenvalue weighted by molar-refractivity contribution is 6.10. The molecular formula is C51H54N6. The van der Waals surface area contributed by atoms with Crippen molar-refractivity contribution in [1.82, 2.24) is 9.13 Å². The molecule has 0 saturated carbocycles. The monoisotopic (exact) mass is 750 g/mol. The van der Waals surface area contributed by atoms with Crippen molar-refractivity contribution >= 4 is 67.4 Å². The number of hydrazone groups is 2. The maximum Gasteiger partial charge on any atom is 0.0593 e. The number of aromatic nitrogens is 2. The molecule has 0 bridgehead atoms. The number of hydrogen-bond donors (Lipinski definition) is 0. The van der Waals surface area contributed by atoms with Crippen LogP contribution in [0.3, 0.4) is 0 Å². The number of fused-ring (bicyclic) bond motifs is 6. The molecule has 6 aromatic carbocycles. The quantitative estimate of drug-likeness (QED) is 0.0498. The van der Waals surface area contributed by atoms with Crippen molar-refractivity contribution in [3.8, 4) is 0 Å². The minimum absolute atomic E-state index is 0.831. The molecule has 0 N–H and O–H groups in total. The van der Waals surface area contributed by atoms with Crippen molar-refractivity contribution in [3.63, 3.8) is 0 Å². The van der Waals surface area contributed by atoms with E-state index in [0.717, 1.165) is 61.4 Å². The number of rotatable bonds is 18. The first-order chi connectivity index (χ1) is 28.2. The van der Waals surface area contributed by atoms with Gasteiger partial charge in [0.2, 0.25) is 0 Å². The second kappa shape index (κ2) is 18.2. The van der Waals surface area contributed by atoms with Gasteiger partial charge in [0.25, 0.3) is 0 Å². The first-order valence-electron chi connectivity index (χ1n) is 20.9. The van der Waals surface area contributed by atoms with Gasteiger partial charge >= 0.3 is 0 Å². The van der Waals surface area contributed by atoms with Gasteiger partial charge in [0.05, 0.1) is 23.8 Å². The average Bonchev–Trinajstić information content (AvgIpc) is 3.73. The molecule has 57 heavy (non-hydrogen) atoms. The summed E-state index contributed by atoms with van der Waals surface area (Å²) in [7, 11) is 2.14. The average molecular weight is 751 g/mol. The van der Waals surface area contributed by atoms with Crippen molar-refractivity contribution in [1.29, 1.82) is 0 Å². The van der Waals surface area contributed by atoms with Crippen LogP contribution in [-0.4, -0.2) is 34.7 Å². The number of unbranched alkanes of at least 4 members (excludes halogenated alkanes) is 6. The van der Waals surface area contributed by atoms with Crippen LogP contribution in [0.4, 0.5) is 11.4 Å². The zero-order valence-corrected chi connectivity index (χ0v) is 33.5. The highest BCUT2D eigenvalue weighted by atomic mass is 15.5. The fourth-order valence-electron chi connectivity index (χ4n) is 8.21. The van der Waals surface area contributed by atoms with E-state index < -0.39 is 0 Å². The summed E-state index contributed by atoms with van der Waals surface area (Å²) in [5.74, 6) is 0. The largest absolute Gasteiger partial charge is 0.344 e. The van der Waals surface area contributed by atoms with E-state index >= 15 is 0 Å². The van der Waals surface area contributed by atoms with Crippen LogP contribution in [-0.2, 0) is 13.6 Å². The van der Waals surface area contributed by atoms with Gasteiger partial charge in [-0.15, -0.1) is 0 Å². The van der Waals surface area contributed by atoms with Crippen LogP contribution >= 0.6 is 0 Å². The first-order valence-corrected chi connectivity index (χ1v) is 20.9. The Balaban J connectivity index is 0.939. The summed E-state index contributed by atoms with van der Waals surface area (Å²) in [6, 6.07) is 52.0. The molecule has 0 spiro atoms. The molecule has 0 unspecified atom stereocenters. The van der Waals surface area contributed by atoms with Gasteiger partial charge in [-0.1, -0.05) is 118 Å². The maximum absolute atomic E-state index is 5.09. The Morgan fingerprint density at radius 2 is 0.912 bits per heavy atom. The molecule has 6 heteroatoms. The topological polar surface area (TPSA) is 41.1 Å². The normalized spacial score (nSPS) is 12.0. The third kappa shape index (κ3) is 8.66. The van der Waals surface area contributed by atoms with Crippen molar-refractivity contribution in [2.45, 2.75) is 64.8 Å². The van der Waals surface area contributed by atoms with Crippen LogP contribution in [0.25, 0.3) is 43.6 Å². The van der Waals surface area contributed by atoms with E-state index in [1.165, 1.54) is 75.7 Å². The third-order valence-corrected chi connectivity index (χ3v) is 11.3. The van der Waals surface area contributed by atoms with Crippen LogP contribution < -0.4 is 10.0 Å². The van der Waals surface area contributed by atoms with Crippen molar-refractivity contribution in [3.05, 3.63) is 157 Å². The highest BCUT2D eigenvalue weighted by Crippen LogP contribution is 2.31. The molecule has 0 aliphatic rings. The summed E-state index contributed by atoms with van der Waals surface area (Å²) >= 11 is 0. The number of hydrogen-bond acceptors (Lipinski definition) is 4. The number of anilines is 2. The van der Waals surface area contributed by atoms with Crippen LogP contribution in [0.1, 0.15) is 69.4 Å². The molecule has 0 aliphatic carbocycles. The minimum Gasteiger partial charge on any atom is -0.344 e. The second-order valence-electron chi connectivity index (χ2n) is 15.2. The standard InChI is InChI=1S/C51H54N6/c1-3-4-5-6-18-33-55-50-28-17-15-26-45(50)47-37-41(30-32-51(47)55)39-53-57(43-23-12-8-13-24-43)35-20-9-19-34-56(42-21-10-7-11-22-42)52-38-40-29-31-49-46(36-40)44-25-14-16-27-48(44)54(49)2/h7-8,10-17,21-32,36-39H,3-6,9,18-20,33-35H2,1-2H3/b52-38+,53-39+. The van der Waals surface area contributed by atoms with Gasteiger partial charge in [-0.2, -0.15) is 10.2 Å². The van der Waals surface area contributed by atoms with Gasteiger partial charge in [-0.3, -0.25) is 10.0 Å². The fraction of sp³-hybridized carbons (Fsp3) is 0.255. The highest BCUT2D eigenvalue weighted by Gasteiger charge is 2.12. The van der Waals surface area contributed by atoms with Crippen LogP contribution in [0.15, 0.2) is 156 Å².